The van der Waals surface area contributed by atoms with Crippen molar-refractivity contribution in [3.63, 3.8) is 0 Å². The van der Waals surface area contributed by atoms with Gasteiger partial charge in [0.15, 0.2) is 0 Å². The van der Waals surface area contributed by atoms with Crippen LogP contribution in [0.5, 0.6) is 0 Å². The molecule has 0 amide bonds. The summed E-state index contributed by atoms with van der Waals surface area (Å²) in [6.45, 7) is 0. The van der Waals surface area contributed by atoms with E-state index in [0.29, 0.717) is 21.6 Å². The van der Waals surface area contributed by atoms with E-state index in [0.717, 1.165) is 9.79 Å². The zero-order valence-corrected chi connectivity index (χ0v) is 11.8. The summed E-state index contributed by atoms with van der Waals surface area (Å²) < 4.78 is 0. The fourth-order valence-corrected chi connectivity index (χ4v) is 3.05. The average Bonchev–Trinajstić information content (AvgIpc) is 2.41. The normalized spacial score (nSPS) is 10.8. The van der Waals surface area contributed by atoms with Crippen LogP contribution >= 0.6 is 23.4 Å². The van der Waals surface area contributed by atoms with Gasteiger partial charge >= 0.3 is 0 Å². The maximum atomic E-state index is 11.7. The Morgan fingerprint density at radius 3 is 2.90 bits per heavy atom. The van der Waals surface area contributed by atoms with Crippen LogP contribution in [0, 0.1) is 0 Å². The molecule has 1 heterocycles. The maximum absolute atomic E-state index is 11.7. The minimum atomic E-state index is -0.194. The van der Waals surface area contributed by atoms with Gasteiger partial charge in [-0.25, -0.2) is 4.98 Å². The first-order chi connectivity index (χ1) is 9.63. The number of fused-ring (bicyclic) bond motifs is 1. The number of halogens is 1. The van der Waals surface area contributed by atoms with Crippen molar-refractivity contribution in [2.24, 2.45) is 0 Å². The van der Waals surface area contributed by atoms with Crippen molar-refractivity contribution < 1.29 is 0 Å². The van der Waals surface area contributed by atoms with E-state index < -0.39 is 0 Å². The number of aromatic nitrogens is 2. The van der Waals surface area contributed by atoms with Crippen molar-refractivity contribution in [1.29, 1.82) is 0 Å². The highest BCUT2D eigenvalue weighted by Gasteiger charge is 2.07. The van der Waals surface area contributed by atoms with Gasteiger partial charge in [-0.1, -0.05) is 29.4 Å². The molecule has 0 saturated carbocycles. The molecular formula is C14H10ClN3OS. The second-order valence-corrected chi connectivity index (χ2v) is 5.75. The van der Waals surface area contributed by atoms with Crippen LogP contribution in [0.3, 0.4) is 0 Å². The number of benzene rings is 2. The van der Waals surface area contributed by atoms with Crippen LogP contribution in [-0.2, 0) is 0 Å². The molecule has 0 saturated heterocycles. The van der Waals surface area contributed by atoms with E-state index in [2.05, 4.69) is 9.97 Å². The lowest BCUT2D eigenvalue weighted by Gasteiger charge is -2.07. The first-order valence-electron chi connectivity index (χ1n) is 5.84. The third kappa shape index (κ3) is 2.50. The summed E-state index contributed by atoms with van der Waals surface area (Å²) in [7, 11) is 0. The standard InChI is InChI=1S/C14H10ClN3OS/c15-8-2-1-3-9(4-8)20-13-6-12-10(5-11(13)16)14(19)18-7-17-12/h1-7H,16H2,(H,17,18,19). The smallest absolute Gasteiger partial charge is 0.258 e. The van der Waals surface area contributed by atoms with Gasteiger partial charge in [-0.15, -0.1) is 0 Å². The van der Waals surface area contributed by atoms with Crippen LogP contribution in [0.1, 0.15) is 0 Å². The third-order valence-electron chi connectivity index (χ3n) is 2.80. The number of aromatic amines is 1. The summed E-state index contributed by atoms with van der Waals surface area (Å²) >= 11 is 7.45. The van der Waals surface area contributed by atoms with Crippen LogP contribution in [0.2, 0.25) is 5.02 Å². The summed E-state index contributed by atoms with van der Waals surface area (Å²) in [5, 5.41) is 1.16. The minimum absolute atomic E-state index is 0.194. The molecule has 0 aliphatic rings. The number of nitrogens with zero attached hydrogens (tertiary/aromatic N) is 1. The average molecular weight is 304 g/mol. The fourth-order valence-electron chi connectivity index (χ4n) is 1.86. The molecule has 0 radical (unpaired) electrons. The van der Waals surface area contributed by atoms with E-state index in [1.54, 1.807) is 6.07 Å². The highest BCUT2D eigenvalue weighted by Crippen LogP contribution is 2.34. The molecule has 2 aromatic carbocycles. The number of nitrogen functional groups attached to an aromatic ring is 1. The van der Waals surface area contributed by atoms with Gasteiger partial charge in [0.05, 0.1) is 17.2 Å². The van der Waals surface area contributed by atoms with Gasteiger partial charge in [0.2, 0.25) is 0 Å². The molecule has 6 heteroatoms. The highest BCUT2D eigenvalue weighted by molar-refractivity contribution is 7.99. The Morgan fingerprint density at radius 2 is 2.10 bits per heavy atom. The van der Waals surface area contributed by atoms with Gasteiger partial charge in [-0.05, 0) is 30.3 Å². The number of H-pyrrole nitrogens is 1. The molecule has 3 rings (SSSR count). The molecule has 0 unspecified atom stereocenters. The predicted octanol–water partition coefficient (Wildman–Crippen LogP) is 3.31. The number of hydrogen-bond acceptors (Lipinski definition) is 4. The zero-order valence-electron chi connectivity index (χ0n) is 10.3. The third-order valence-corrected chi connectivity index (χ3v) is 4.09. The summed E-state index contributed by atoms with van der Waals surface area (Å²) in [6, 6.07) is 11.0. The number of nitrogens with two attached hydrogens (primary N) is 1. The molecule has 20 heavy (non-hydrogen) atoms. The Bertz CT molecular complexity index is 847. The lowest BCUT2D eigenvalue weighted by Crippen LogP contribution is -2.07. The lowest BCUT2D eigenvalue weighted by molar-refractivity contribution is 1.17. The first-order valence-corrected chi connectivity index (χ1v) is 7.03. The van der Waals surface area contributed by atoms with Crippen molar-refractivity contribution in [1.82, 2.24) is 9.97 Å². The van der Waals surface area contributed by atoms with Crippen molar-refractivity contribution in [2.75, 3.05) is 5.73 Å². The second kappa shape index (κ2) is 5.19. The summed E-state index contributed by atoms with van der Waals surface area (Å²) in [4.78, 5) is 20.2. The lowest BCUT2D eigenvalue weighted by atomic mass is 10.2. The Balaban J connectivity index is 2.08. The molecule has 0 spiro atoms. The molecule has 0 aliphatic carbocycles. The van der Waals surface area contributed by atoms with E-state index in [-0.39, 0.29) is 5.56 Å². The van der Waals surface area contributed by atoms with E-state index in [9.17, 15) is 4.79 Å². The molecule has 0 fully saturated rings. The first kappa shape index (κ1) is 13.0. The van der Waals surface area contributed by atoms with E-state index in [1.807, 2.05) is 30.3 Å². The number of anilines is 1. The molecule has 0 aliphatic heterocycles. The molecular weight excluding hydrogens is 294 g/mol. The summed E-state index contributed by atoms with van der Waals surface area (Å²) in [5.74, 6) is 0. The van der Waals surface area contributed by atoms with Crippen LogP contribution in [0.4, 0.5) is 5.69 Å². The number of rotatable bonds is 2. The fraction of sp³-hybridized carbons (Fsp3) is 0. The van der Waals surface area contributed by atoms with Crippen molar-refractivity contribution in [2.45, 2.75) is 9.79 Å². The van der Waals surface area contributed by atoms with Gasteiger partial charge < -0.3 is 10.7 Å². The van der Waals surface area contributed by atoms with Crippen LogP contribution in [-0.4, -0.2) is 9.97 Å². The van der Waals surface area contributed by atoms with Crippen molar-refractivity contribution in [3.05, 3.63) is 58.1 Å². The Morgan fingerprint density at radius 1 is 1.25 bits per heavy atom. The SMILES string of the molecule is Nc1cc2c(=O)[nH]cnc2cc1Sc1cccc(Cl)c1. The Hall–Kier alpha value is -1.98. The van der Waals surface area contributed by atoms with Gasteiger partial charge in [0.25, 0.3) is 5.56 Å². The summed E-state index contributed by atoms with van der Waals surface area (Å²) in [6.07, 6.45) is 1.38. The molecule has 3 N–H and O–H groups in total. The Kier molecular flexibility index (Phi) is 3.38. The maximum Gasteiger partial charge on any atom is 0.258 e. The minimum Gasteiger partial charge on any atom is -0.398 e. The van der Waals surface area contributed by atoms with Gasteiger partial charge in [0, 0.05) is 20.5 Å². The molecule has 3 aromatic rings. The van der Waals surface area contributed by atoms with Crippen LogP contribution < -0.4 is 11.3 Å². The van der Waals surface area contributed by atoms with E-state index in [4.69, 9.17) is 17.3 Å². The largest absolute Gasteiger partial charge is 0.398 e. The monoisotopic (exact) mass is 303 g/mol. The molecule has 100 valence electrons. The number of nitrogens with one attached hydrogen (secondary N) is 1. The quantitative estimate of drug-likeness (QED) is 0.712. The zero-order chi connectivity index (χ0) is 14.1. The number of hydrogen-bond donors (Lipinski definition) is 2. The molecule has 0 bridgehead atoms. The van der Waals surface area contributed by atoms with Gasteiger partial charge in [0.1, 0.15) is 0 Å². The summed E-state index contributed by atoms with van der Waals surface area (Å²) in [5.41, 5.74) is 6.97. The van der Waals surface area contributed by atoms with E-state index >= 15 is 0 Å². The topological polar surface area (TPSA) is 71.8 Å². The second-order valence-electron chi connectivity index (χ2n) is 4.20. The molecule has 4 nitrogen and oxygen atoms in total. The Labute approximate surface area is 124 Å². The van der Waals surface area contributed by atoms with Gasteiger partial charge in [-0.2, -0.15) is 0 Å². The van der Waals surface area contributed by atoms with Crippen LogP contribution in [0.25, 0.3) is 10.9 Å². The van der Waals surface area contributed by atoms with E-state index in [1.165, 1.54) is 18.1 Å². The van der Waals surface area contributed by atoms with Crippen molar-refractivity contribution in [3.8, 4) is 0 Å². The molecule has 1 aromatic heterocycles. The van der Waals surface area contributed by atoms with Gasteiger partial charge in [-0.3, -0.25) is 4.79 Å². The van der Waals surface area contributed by atoms with Crippen LogP contribution in [0.15, 0.2) is 57.3 Å². The van der Waals surface area contributed by atoms with Crippen molar-refractivity contribution >= 4 is 40.0 Å². The molecule has 0 atom stereocenters. The highest BCUT2D eigenvalue weighted by atomic mass is 35.5. The predicted molar refractivity (Wildman–Crippen MR) is 82.4 cm³/mol.